The van der Waals surface area contributed by atoms with Gasteiger partial charge in [-0.05, 0) is 42.8 Å². The predicted molar refractivity (Wildman–Crippen MR) is 140 cm³/mol. The summed E-state index contributed by atoms with van der Waals surface area (Å²) in [6.45, 7) is 2.42. The number of hydrogen-bond donors (Lipinski definition) is 1. The Morgan fingerprint density at radius 3 is 2.08 bits per heavy atom. The van der Waals surface area contributed by atoms with E-state index in [0.29, 0.717) is 23.9 Å². The van der Waals surface area contributed by atoms with Crippen molar-refractivity contribution in [1.82, 2.24) is 5.32 Å². The van der Waals surface area contributed by atoms with Crippen LogP contribution >= 0.6 is 46.6 Å². The molecule has 2 rings (SSSR count). The Morgan fingerprint density at radius 2 is 1.57 bits per heavy atom. The molecular weight excluding hydrogens is 640 g/mol. The number of benzene rings is 2. The number of carbonyl (C=O) groups excluding carboxylic acids is 1. The first-order valence-corrected chi connectivity index (χ1v) is 13.6. The second-order valence-electron chi connectivity index (χ2n) is 8.67. The largest absolute Gasteiger partial charge is 0.417 e. The molecule has 40 heavy (non-hydrogen) atoms. The number of rotatable bonds is 10. The molecule has 0 radical (unpaired) electrons. The number of carbonyl (C=O) groups is 1. The van der Waals surface area contributed by atoms with E-state index >= 15 is 4.39 Å². The summed E-state index contributed by atoms with van der Waals surface area (Å²) in [7, 11) is 0. The van der Waals surface area contributed by atoms with Gasteiger partial charge < -0.3 is 5.32 Å². The zero-order valence-corrected chi connectivity index (χ0v) is 23.7. The number of amides is 1. The van der Waals surface area contributed by atoms with E-state index in [2.05, 4.69) is 5.32 Å². The molecule has 0 aliphatic carbocycles. The predicted octanol–water partition coefficient (Wildman–Crippen LogP) is 10.2. The molecule has 0 heterocycles. The van der Waals surface area contributed by atoms with Gasteiger partial charge in [0.1, 0.15) is 5.83 Å². The van der Waals surface area contributed by atoms with E-state index in [4.69, 9.17) is 34.8 Å². The molecule has 2 aromatic carbocycles. The van der Waals surface area contributed by atoms with E-state index in [-0.39, 0.29) is 32.5 Å². The fraction of sp³-hybridized carbons (Fsp3) is 0.400. The van der Waals surface area contributed by atoms with Gasteiger partial charge in [0.25, 0.3) is 11.8 Å². The third-order valence-electron chi connectivity index (χ3n) is 5.46. The summed E-state index contributed by atoms with van der Waals surface area (Å²) in [6.07, 6.45) is -9.97. The van der Waals surface area contributed by atoms with Gasteiger partial charge >= 0.3 is 12.4 Å². The second-order valence-corrected chi connectivity index (χ2v) is 10.9. The summed E-state index contributed by atoms with van der Waals surface area (Å²) in [5.74, 6) is -9.75. The van der Waals surface area contributed by atoms with Gasteiger partial charge in [-0.15, -0.1) is 0 Å². The van der Waals surface area contributed by atoms with Crippen molar-refractivity contribution in [2.24, 2.45) is 0 Å². The average molecular weight is 661 g/mol. The highest BCUT2D eigenvalue weighted by Gasteiger charge is 2.39. The Hall–Kier alpha value is -1.76. The molecule has 222 valence electrons. The van der Waals surface area contributed by atoms with E-state index in [1.165, 1.54) is 6.92 Å². The molecule has 0 aromatic heterocycles. The summed E-state index contributed by atoms with van der Waals surface area (Å²) in [4.78, 5) is 12.5. The van der Waals surface area contributed by atoms with Crippen LogP contribution in [0.5, 0.6) is 0 Å². The van der Waals surface area contributed by atoms with Crippen molar-refractivity contribution in [1.29, 1.82) is 0 Å². The van der Waals surface area contributed by atoms with Crippen molar-refractivity contribution < 1.29 is 44.3 Å². The van der Waals surface area contributed by atoms with Crippen LogP contribution in [0.15, 0.2) is 36.4 Å². The highest BCUT2D eigenvalue weighted by Crippen LogP contribution is 2.43. The lowest BCUT2D eigenvalue weighted by molar-refractivity contribution is -0.138. The van der Waals surface area contributed by atoms with Gasteiger partial charge in [0.2, 0.25) is 0 Å². The third kappa shape index (κ3) is 9.39. The van der Waals surface area contributed by atoms with E-state index < -0.39 is 70.8 Å². The van der Waals surface area contributed by atoms with Crippen LogP contribution in [0.3, 0.4) is 0 Å². The zero-order valence-electron chi connectivity index (χ0n) is 20.6. The highest BCUT2D eigenvalue weighted by atomic mass is 35.5. The van der Waals surface area contributed by atoms with Crippen molar-refractivity contribution in [3.05, 3.63) is 73.7 Å². The number of allylic oxidation sites excluding steroid dienone is 1. The SMILES string of the molecule is CCC(F)(F)C(/C=C(\F)c1ccc(C(=O)N[C@H](C)CSCC(F)(F)F)c(C(F)(F)F)c1)c1cc(Cl)c(Cl)c(Cl)c1. The molecule has 15 heteroatoms. The normalized spacial score (nSPS) is 14.7. The van der Waals surface area contributed by atoms with Gasteiger partial charge in [-0.1, -0.05) is 47.8 Å². The second kappa shape index (κ2) is 13.5. The van der Waals surface area contributed by atoms with E-state index in [1.54, 1.807) is 0 Å². The van der Waals surface area contributed by atoms with Crippen LogP contribution in [-0.4, -0.2) is 35.6 Å². The maximum Gasteiger partial charge on any atom is 0.417 e. The lowest BCUT2D eigenvalue weighted by atomic mass is 9.89. The third-order valence-corrected chi connectivity index (χ3v) is 7.93. The van der Waals surface area contributed by atoms with Gasteiger partial charge in [-0.2, -0.15) is 38.1 Å². The summed E-state index contributed by atoms with van der Waals surface area (Å²) in [5.41, 5.74) is -3.49. The lowest BCUT2D eigenvalue weighted by Crippen LogP contribution is -2.35. The summed E-state index contributed by atoms with van der Waals surface area (Å²) < 4.78 is 123. The number of halogens is 12. The lowest BCUT2D eigenvalue weighted by Gasteiger charge is -2.25. The van der Waals surface area contributed by atoms with Crippen LogP contribution in [-0.2, 0) is 6.18 Å². The minimum atomic E-state index is -5.17. The molecule has 0 saturated heterocycles. The van der Waals surface area contributed by atoms with E-state index in [9.17, 15) is 39.9 Å². The van der Waals surface area contributed by atoms with Gasteiger partial charge in [0, 0.05) is 23.8 Å². The maximum atomic E-state index is 15.2. The van der Waals surface area contributed by atoms with Crippen LogP contribution in [0.2, 0.25) is 15.1 Å². The Kier molecular flexibility index (Phi) is 11.6. The molecular formula is C25H21Cl3F9NOS. The number of thioether (sulfide) groups is 1. The topological polar surface area (TPSA) is 29.1 Å². The van der Waals surface area contributed by atoms with Crippen LogP contribution in [0.25, 0.3) is 5.83 Å². The smallest absolute Gasteiger partial charge is 0.349 e. The van der Waals surface area contributed by atoms with Crippen LogP contribution < -0.4 is 5.32 Å². The Morgan fingerprint density at radius 1 is 1.00 bits per heavy atom. The molecule has 2 atom stereocenters. The minimum Gasteiger partial charge on any atom is -0.349 e. The van der Waals surface area contributed by atoms with Crippen molar-refractivity contribution in [2.45, 2.75) is 50.5 Å². The first kappa shape index (κ1) is 34.4. The summed E-state index contributed by atoms with van der Waals surface area (Å²) in [5, 5.41) is 1.64. The number of nitrogens with one attached hydrogen (secondary N) is 1. The van der Waals surface area contributed by atoms with Crippen molar-refractivity contribution in [2.75, 3.05) is 11.5 Å². The molecule has 0 fully saturated rings. The molecule has 0 aliphatic rings. The van der Waals surface area contributed by atoms with Crippen LogP contribution in [0.1, 0.15) is 53.2 Å². The molecule has 0 aliphatic heterocycles. The van der Waals surface area contributed by atoms with Gasteiger partial charge in [0.15, 0.2) is 0 Å². The maximum absolute atomic E-state index is 15.2. The van der Waals surface area contributed by atoms with Gasteiger partial charge in [-0.25, -0.2) is 13.2 Å². The van der Waals surface area contributed by atoms with E-state index in [1.807, 2.05) is 0 Å². The number of alkyl halides is 8. The fourth-order valence-electron chi connectivity index (χ4n) is 3.50. The van der Waals surface area contributed by atoms with Gasteiger partial charge in [-0.3, -0.25) is 4.79 Å². The van der Waals surface area contributed by atoms with Crippen molar-refractivity contribution in [3.8, 4) is 0 Å². The molecule has 1 N–H and O–H groups in total. The molecule has 1 amide bonds. The van der Waals surface area contributed by atoms with Gasteiger partial charge in [0.05, 0.1) is 37.9 Å². The molecule has 0 bridgehead atoms. The minimum absolute atomic E-state index is 0.132. The zero-order chi connectivity index (χ0) is 30.6. The first-order valence-electron chi connectivity index (χ1n) is 11.3. The monoisotopic (exact) mass is 659 g/mol. The molecule has 0 saturated carbocycles. The molecule has 2 aromatic rings. The van der Waals surface area contributed by atoms with Crippen LogP contribution in [0, 0.1) is 0 Å². The quantitative estimate of drug-likeness (QED) is 0.203. The van der Waals surface area contributed by atoms with E-state index in [0.717, 1.165) is 25.1 Å². The highest BCUT2D eigenvalue weighted by molar-refractivity contribution is 7.99. The average Bonchev–Trinajstić information content (AvgIpc) is 2.83. The van der Waals surface area contributed by atoms with Crippen molar-refractivity contribution >= 4 is 58.3 Å². The van der Waals surface area contributed by atoms with Crippen LogP contribution in [0.4, 0.5) is 39.5 Å². The Labute approximate surface area is 243 Å². The summed E-state index contributed by atoms with van der Waals surface area (Å²) >= 11 is 18.1. The Bertz CT molecular complexity index is 1230. The van der Waals surface area contributed by atoms with Crippen molar-refractivity contribution in [3.63, 3.8) is 0 Å². The molecule has 2 nitrogen and oxygen atoms in total. The first-order chi connectivity index (χ1) is 18.3. The standard InChI is InChI=1S/C25H21Cl3F9NOS/c1-3-23(30,31)16(14-7-18(26)21(28)19(27)8-14)9-20(29)13-4-5-15(17(6-13)25(35,36)37)22(39)38-12(2)10-40-11-24(32,33)34/h4-9,12,16H,3,10-11H2,1-2H3,(H,38,39)/b20-9-/t12-,16?/m1/s1. The Balaban J connectivity index is 2.45. The molecule has 1 unspecified atom stereocenters. The molecule has 0 spiro atoms. The summed E-state index contributed by atoms with van der Waals surface area (Å²) in [6, 6.07) is 2.87. The number of hydrogen-bond acceptors (Lipinski definition) is 2. The fourth-order valence-corrected chi connectivity index (χ4v) is 4.90.